The molecule has 3 rings (SSSR count). The molecule has 1 N–H and O–H groups in total. The van der Waals surface area contributed by atoms with Crippen LogP contribution in [0.15, 0.2) is 11.8 Å². The SMILES string of the molecule is CC1=CC(C(F)(F)F)(C(F)(F)F)C(C#N)C(=N)N1c1sc2c(c1C#N)CCCC2. The molecule has 11 heteroatoms. The maximum Gasteiger partial charge on any atom is 0.408 e. The van der Waals surface area contributed by atoms with Crippen LogP contribution in [0.3, 0.4) is 0 Å². The van der Waals surface area contributed by atoms with E-state index in [2.05, 4.69) is 0 Å². The summed E-state index contributed by atoms with van der Waals surface area (Å²) in [7, 11) is 0. The third kappa shape index (κ3) is 2.91. The smallest absolute Gasteiger partial charge is 0.292 e. The van der Waals surface area contributed by atoms with E-state index in [1.165, 1.54) is 0 Å². The summed E-state index contributed by atoms with van der Waals surface area (Å²) in [5, 5.41) is 27.0. The number of hydrogen-bond donors (Lipinski definition) is 1. The normalized spacial score (nSPS) is 21.8. The Hall–Kier alpha value is -2.53. The lowest BCUT2D eigenvalue weighted by atomic mass is 9.70. The van der Waals surface area contributed by atoms with Crippen LogP contribution in [0.25, 0.3) is 0 Å². The molecule has 154 valence electrons. The molecule has 1 unspecified atom stereocenters. The minimum Gasteiger partial charge on any atom is -0.292 e. The van der Waals surface area contributed by atoms with Gasteiger partial charge in [-0.25, -0.2) is 0 Å². The van der Waals surface area contributed by atoms with E-state index in [0.29, 0.717) is 12.8 Å². The Bertz CT molecular complexity index is 959. The summed E-state index contributed by atoms with van der Waals surface area (Å²) in [4.78, 5) is 1.71. The number of amidine groups is 1. The standard InChI is InChI=1S/C18H14F6N4S/c1-9-6-16(17(19,20)21,18(22,23)24)12(8-26)14(27)28(9)15-11(7-25)10-4-2-3-5-13(10)29-15/h6,12,27H,2-5H2,1H3. The van der Waals surface area contributed by atoms with Gasteiger partial charge < -0.3 is 0 Å². The van der Waals surface area contributed by atoms with Crippen molar-refractivity contribution in [1.29, 1.82) is 15.9 Å². The van der Waals surface area contributed by atoms with Crippen molar-refractivity contribution in [2.45, 2.75) is 45.0 Å². The van der Waals surface area contributed by atoms with E-state index in [9.17, 15) is 36.9 Å². The Balaban J connectivity index is 2.27. The van der Waals surface area contributed by atoms with Crippen LogP contribution in [-0.2, 0) is 12.8 Å². The number of rotatable bonds is 1. The van der Waals surface area contributed by atoms with Crippen LogP contribution in [0.4, 0.5) is 31.3 Å². The molecule has 2 heterocycles. The fraction of sp³-hybridized carbons (Fsp3) is 0.500. The molecule has 1 aromatic rings. The van der Waals surface area contributed by atoms with Crippen LogP contribution in [0.5, 0.6) is 0 Å². The lowest BCUT2D eigenvalue weighted by Crippen LogP contribution is -2.60. The van der Waals surface area contributed by atoms with Gasteiger partial charge in [0.25, 0.3) is 0 Å². The average Bonchev–Trinajstić information content (AvgIpc) is 2.97. The molecule has 1 atom stereocenters. The second kappa shape index (κ2) is 6.77. The van der Waals surface area contributed by atoms with E-state index < -0.39 is 35.2 Å². The Morgan fingerprint density at radius 1 is 1.14 bits per heavy atom. The highest BCUT2D eigenvalue weighted by Gasteiger charge is 2.75. The third-order valence-corrected chi connectivity index (χ3v) is 6.57. The minimum absolute atomic E-state index is 0.0290. The van der Waals surface area contributed by atoms with Gasteiger partial charge in [-0.2, -0.15) is 36.9 Å². The van der Waals surface area contributed by atoms with Crippen molar-refractivity contribution in [1.82, 2.24) is 0 Å². The van der Waals surface area contributed by atoms with E-state index >= 15 is 0 Å². The van der Waals surface area contributed by atoms with Gasteiger partial charge in [0.2, 0.25) is 5.41 Å². The van der Waals surface area contributed by atoms with Gasteiger partial charge in [-0.3, -0.25) is 10.3 Å². The van der Waals surface area contributed by atoms with Gasteiger partial charge in [0.05, 0.1) is 11.6 Å². The first-order valence-corrected chi connectivity index (χ1v) is 9.38. The first-order chi connectivity index (χ1) is 13.4. The number of nitrogens with one attached hydrogen (secondary N) is 1. The molecule has 0 fully saturated rings. The second-order valence-corrected chi connectivity index (χ2v) is 8.02. The Morgan fingerprint density at radius 2 is 1.72 bits per heavy atom. The number of fused-ring (bicyclic) bond motifs is 1. The number of aryl methyl sites for hydroxylation is 1. The van der Waals surface area contributed by atoms with Gasteiger partial charge in [-0.05, 0) is 44.2 Å². The predicted molar refractivity (Wildman–Crippen MR) is 93.3 cm³/mol. The van der Waals surface area contributed by atoms with Gasteiger partial charge in [0.15, 0.2) is 0 Å². The number of halogens is 6. The number of nitriles is 2. The molecule has 2 aliphatic rings. The van der Waals surface area contributed by atoms with Crippen molar-refractivity contribution in [2.24, 2.45) is 11.3 Å². The monoisotopic (exact) mass is 432 g/mol. The van der Waals surface area contributed by atoms with Gasteiger partial charge in [-0.15, -0.1) is 11.3 Å². The number of thiophene rings is 1. The summed E-state index contributed by atoms with van der Waals surface area (Å²) in [6.45, 7) is 1.02. The maximum absolute atomic E-state index is 13.7. The number of anilines is 1. The summed E-state index contributed by atoms with van der Waals surface area (Å²) in [5.41, 5.74) is -4.12. The molecule has 1 aromatic heterocycles. The molecular formula is C18H14F6N4S. The van der Waals surface area contributed by atoms with Crippen molar-refractivity contribution in [3.63, 3.8) is 0 Å². The summed E-state index contributed by atoms with van der Waals surface area (Å²) in [5.74, 6) is -3.98. The van der Waals surface area contributed by atoms with Gasteiger partial charge in [0, 0.05) is 10.6 Å². The zero-order valence-corrected chi connectivity index (χ0v) is 15.8. The summed E-state index contributed by atoms with van der Waals surface area (Å²) in [6, 6.07) is 3.02. The fourth-order valence-corrected chi connectivity index (χ4v) is 5.33. The minimum atomic E-state index is -5.84. The third-order valence-electron chi connectivity index (χ3n) is 5.29. The van der Waals surface area contributed by atoms with Crippen LogP contribution in [0.1, 0.15) is 35.8 Å². The zero-order valence-electron chi connectivity index (χ0n) is 15.0. The first-order valence-electron chi connectivity index (χ1n) is 8.56. The highest BCUT2D eigenvalue weighted by Crippen LogP contribution is 2.59. The maximum atomic E-state index is 13.7. The number of nitrogens with zero attached hydrogens (tertiary/aromatic N) is 3. The molecule has 0 spiro atoms. The molecule has 4 nitrogen and oxygen atoms in total. The lowest BCUT2D eigenvalue weighted by Gasteiger charge is -2.44. The fourth-order valence-electron chi connectivity index (χ4n) is 3.92. The molecule has 1 aliphatic heterocycles. The number of hydrogen-bond acceptors (Lipinski definition) is 4. The average molecular weight is 432 g/mol. The molecule has 1 aliphatic carbocycles. The lowest BCUT2D eigenvalue weighted by molar-refractivity contribution is -0.327. The van der Waals surface area contributed by atoms with E-state index in [0.717, 1.165) is 52.5 Å². The molecule has 0 aromatic carbocycles. The van der Waals surface area contributed by atoms with Crippen molar-refractivity contribution in [2.75, 3.05) is 4.90 Å². The van der Waals surface area contributed by atoms with E-state index in [4.69, 9.17) is 5.41 Å². The van der Waals surface area contributed by atoms with Crippen molar-refractivity contribution in [3.8, 4) is 12.1 Å². The molecular weight excluding hydrogens is 418 g/mol. The number of allylic oxidation sites excluding steroid dienone is 2. The molecule has 0 bridgehead atoms. The Morgan fingerprint density at radius 3 is 2.24 bits per heavy atom. The van der Waals surface area contributed by atoms with Crippen molar-refractivity contribution < 1.29 is 26.3 Å². The topological polar surface area (TPSA) is 74.7 Å². The largest absolute Gasteiger partial charge is 0.408 e. The highest BCUT2D eigenvalue weighted by molar-refractivity contribution is 7.16. The first kappa shape index (κ1) is 21.2. The van der Waals surface area contributed by atoms with Crippen LogP contribution in [-0.4, -0.2) is 18.2 Å². The Labute approximate surface area is 166 Å². The van der Waals surface area contributed by atoms with Crippen LogP contribution >= 0.6 is 11.3 Å². The molecule has 0 amide bonds. The van der Waals surface area contributed by atoms with E-state index in [1.807, 2.05) is 6.07 Å². The van der Waals surface area contributed by atoms with Crippen LogP contribution in [0, 0.1) is 39.4 Å². The molecule has 29 heavy (non-hydrogen) atoms. The van der Waals surface area contributed by atoms with Gasteiger partial charge in [-0.1, -0.05) is 0 Å². The Kier molecular flexibility index (Phi) is 4.94. The van der Waals surface area contributed by atoms with Gasteiger partial charge >= 0.3 is 12.4 Å². The summed E-state index contributed by atoms with van der Waals surface area (Å²) >= 11 is 1.08. The predicted octanol–water partition coefficient (Wildman–Crippen LogP) is 5.45. The van der Waals surface area contributed by atoms with Crippen LogP contribution < -0.4 is 4.90 Å². The van der Waals surface area contributed by atoms with Crippen LogP contribution in [0.2, 0.25) is 0 Å². The molecule has 0 saturated heterocycles. The molecule has 0 saturated carbocycles. The summed E-state index contributed by atoms with van der Waals surface area (Å²) in [6.07, 6.45) is -8.80. The van der Waals surface area contributed by atoms with E-state index in [-0.39, 0.29) is 16.6 Å². The second-order valence-electron chi connectivity index (χ2n) is 6.94. The van der Waals surface area contributed by atoms with E-state index in [1.54, 1.807) is 0 Å². The zero-order chi connectivity index (χ0) is 21.8. The number of alkyl halides is 6. The quantitative estimate of drug-likeness (QED) is 0.600. The van der Waals surface area contributed by atoms with Gasteiger partial charge in [0.1, 0.15) is 22.8 Å². The van der Waals surface area contributed by atoms with Crippen molar-refractivity contribution in [3.05, 3.63) is 27.8 Å². The van der Waals surface area contributed by atoms with Crippen molar-refractivity contribution >= 4 is 22.2 Å². The summed E-state index contributed by atoms with van der Waals surface area (Å²) < 4.78 is 81.9. The highest BCUT2D eigenvalue weighted by atomic mass is 32.1. The molecule has 0 radical (unpaired) electrons.